The van der Waals surface area contributed by atoms with E-state index in [4.69, 9.17) is 16.3 Å². The summed E-state index contributed by atoms with van der Waals surface area (Å²) in [7, 11) is 1.58. The van der Waals surface area contributed by atoms with Gasteiger partial charge in [0.05, 0.1) is 12.8 Å². The maximum absolute atomic E-state index is 11.9. The summed E-state index contributed by atoms with van der Waals surface area (Å²) in [4.78, 5) is 11.9. The highest BCUT2D eigenvalue weighted by atomic mass is 35.5. The van der Waals surface area contributed by atoms with Crippen LogP contribution < -0.4 is 10.1 Å². The van der Waals surface area contributed by atoms with Gasteiger partial charge in [0, 0.05) is 11.4 Å². The number of aryl methyl sites for hydroxylation is 1. The van der Waals surface area contributed by atoms with E-state index in [1.807, 2.05) is 48.5 Å². The van der Waals surface area contributed by atoms with Crippen LogP contribution >= 0.6 is 11.6 Å². The lowest BCUT2D eigenvalue weighted by Crippen LogP contribution is -2.13. The van der Waals surface area contributed by atoms with Crippen molar-refractivity contribution in [1.82, 2.24) is 0 Å². The van der Waals surface area contributed by atoms with Crippen molar-refractivity contribution in [3.05, 3.63) is 59.1 Å². The molecule has 0 aliphatic carbocycles. The van der Waals surface area contributed by atoms with Gasteiger partial charge in [0.25, 0.3) is 0 Å². The van der Waals surface area contributed by atoms with E-state index in [2.05, 4.69) is 5.32 Å². The van der Waals surface area contributed by atoms with Crippen LogP contribution in [0.5, 0.6) is 5.75 Å². The predicted octanol–water partition coefficient (Wildman–Crippen LogP) is 3.92. The third kappa shape index (κ3) is 4.00. The SMILES string of the molecule is COc1ccccc1NC(=O)CCc1ccc(Cl)cc1. The first-order chi connectivity index (χ1) is 9.69. The molecule has 2 aromatic rings. The highest BCUT2D eigenvalue weighted by Crippen LogP contribution is 2.23. The van der Waals surface area contributed by atoms with Crippen LogP contribution in [-0.2, 0) is 11.2 Å². The quantitative estimate of drug-likeness (QED) is 0.906. The zero-order chi connectivity index (χ0) is 14.4. The Morgan fingerprint density at radius 3 is 2.55 bits per heavy atom. The molecule has 0 saturated heterocycles. The molecule has 0 radical (unpaired) electrons. The summed E-state index contributed by atoms with van der Waals surface area (Å²) in [5, 5.41) is 3.55. The Morgan fingerprint density at radius 1 is 1.15 bits per heavy atom. The van der Waals surface area contributed by atoms with Crippen LogP contribution in [0.2, 0.25) is 5.02 Å². The minimum Gasteiger partial charge on any atom is -0.495 e. The lowest BCUT2D eigenvalue weighted by Gasteiger charge is -2.09. The largest absolute Gasteiger partial charge is 0.495 e. The summed E-state index contributed by atoms with van der Waals surface area (Å²) in [6.45, 7) is 0. The Balaban J connectivity index is 1.91. The minimum absolute atomic E-state index is 0.0375. The molecule has 20 heavy (non-hydrogen) atoms. The van der Waals surface area contributed by atoms with Crippen LogP contribution in [0.4, 0.5) is 5.69 Å². The molecule has 0 unspecified atom stereocenters. The maximum atomic E-state index is 11.9. The van der Waals surface area contributed by atoms with E-state index in [1.165, 1.54) is 0 Å². The van der Waals surface area contributed by atoms with E-state index >= 15 is 0 Å². The molecule has 0 heterocycles. The van der Waals surface area contributed by atoms with Crippen LogP contribution in [-0.4, -0.2) is 13.0 Å². The maximum Gasteiger partial charge on any atom is 0.224 e. The number of carbonyl (C=O) groups is 1. The van der Waals surface area contributed by atoms with Crippen LogP contribution in [0.25, 0.3) is 0 Å². The number of nitrogens with one attached hydrogen (secondary N) is 1. The second-order valence-electron chi connectivity index (χ2n) is 4.37. The van der Waals surface area contributed by atoms with Crippen molar-refractivity contribution < 1.29 is 9.53 Å². The first kappa shape index (κ1) is 14.4. The van der Waals surface area contributed by atoms with Crippen LogP contribution in [0.15, 0.2) is 48.5 Å². The molecule has 0 aliphatic heterocycles. The monoisotopic (exact) mass is 289 g/mol. The Kier molecular flexibility index (Phi) is 5.02. The molecule has 104 valence electrons. The van der Waals surface area contributed by atoms with Crippen molar-refractivity contribution in [1.29, 1.82) is 0 Å². The van der Waals surface area contributed by atoms with Gasteiger partial charge in [-0.05, 0) is 36.2 Å². The lowest BCUT2D eigenvalue weighted by atomic mass is 10.1. The zero-order valence-corrected chi connectivity index (χ0v) is 12.0. The number of anilines is 1. The predicted molar refractivity (Wildman–Crippen MR) is 81.4 cm³/mol. The van der Waals surface area contributed by atoms with Gasteiger partial charge in [0.15, 0.2) is 0 Å². The number of amides is 1. The van der Waals surface area contributed by atoms with Gasteiger partial charge in [-0.25, -0.2) is 0 Å². The van der Waals surface area contributed by atoms with Crippen molar-refractivity contribution in [2.45, 2.75) is 12.8 Å². The highest BCUT2D eigenvalue weighted by Gasteiger charge is 2.07. The molecule has 3 nitrogen and oxygen atoms in total. The van der Waals surface area contributed by atoms with Gasteiger partial charge in [0.1, 0.15) is 5.75 Å². The Bertz CT molecular complexity index is 581. The van der Waals surface area contributed by atoms with E-state index in [1.54, 1.807) is 7.11 Å². The van der Waals surface area contributed by atoms with Crippen LogP contribution in [0.3, 0.4) is 0 Å². The highest BCUT2D eigenvalue weighted by molar-refractivity contribution is 6.30. The van der Waals surface area contributed by atoms with Gasteiger partial charge in [-0.3, -0.25) is 4.79 Å². The lowest BCUT2D eigenvalue weighted by molar-refractivity contribution is -0.116. The summed E-state index contributed by atoms with van der Waals surface area (Å²) in [5.74, 6) is 0.622. The summed E-state index contributed by atoms with van der Waals surface area (Å²) in [6, 6.07) is 14.9. The summed E-state index contributed by atoms with van der Waals surface area (Å²) >= 11 is 5.82. The molecule has 1 N–H and O–H groups in total. The van der Waals surface area contributed by atoms with Gasteiger partial charge in [-0.2, -0.15) is 0 Å². The first-order valence-electron chi connectivity index (χ1n) is 6.36. The molecular weight excluding hydrogens is 274 g/mol. The van der Waals surface area contributed by atoms with Gasteiger partial charge >= 0.3 is 0 Å². The molecule has 2 rings (SSSR count). The number of hydrogen-bond donors (Lipinski definition) is 1. The smallest absolute Gasteiger partial charge is 0.224 e. The van der Waals surface area contributed by atoms with Gasteiger partial charge < -0.3 is 10.1 Å². The number of ether oxygens (including phenoxy) is 1. The number of benzene rings is 2. The molecular formula is C16H16ClNO2. The number of methoxy groups -OCH3 is 1. The molecule has 0 bridgehead atoms. The Morgan fingerprint density at radius 2 is 1.85 bits per heavy atom. The minimum atomic E-state index is -0.0375. The van der Waals surface area contributed by atoms with Gasteiger partial charge in [-0.15, -0.1) is 0 Å². The zero-order valence-electron chi connectivity index (χ0n) is 11.2. The average molecular weight is 290 g/mol. The number of para-hydroxylation sites is 2. The van der Waals surface area contributed by atoms with E-state index < -0.39 is 0 Å². The first-order valence-corrected chi connectivity index (χ1v) is 6.74. The number of rotatable bonds is 5. The second kappa shape index (κ2) is 6.96. The van der Waals surface area contributed by atoms with Crippen molar-refractivity contribution in [2.75, 3.05) is 12.4 Å². The Labute approximate surface area is 123 Å². The van der Waals surface area contributed by atoms with E-state index in [0.29, 0.717) is 29.3 Å². The molecule has 0 saturated carbocycles. The number of hydrogen-bond acceptors (Lipinski definition) is 2. The summed E-state index contributed by atoms with van der Waals surface area (Å²) in [6.07, 6.45) is 1.10. The molecule has 0 atom stereocenters. The molecule has 1 amide bonds. The van der Waals surface area contributed by atoms with Crippen LogP contribution in [0.1, 0.15) is 12.0 Å². The molecule has 0 aliphatic rings. The number of halogens is 1. The fourth-order valence-electron chi connectivity index (χ4n) is 1.87. The second-order valence-corrected chi connectivity index (χ2v) is 4.81. The van der Waals surface area contributed by atoms with Crippen LogP contribution in [0, 0.1) is 0 Å². The van der Waals surface area contributed by atoms with Crippen molar-refractivity contribution in [3.63, 3.8) is 0 Å². The third-order valence-corrected chi connectivity index (χ3v) is 3.19. The Hall–Kier alpha value is -2.00. The molecule has 2 aromatic carbocycles. The third-order valence-electron chi connectivity index (χ3n) is 2.94. The average Bonchev–Trinajstić information content (AvgIpc) is 2.47. The summed E-state index contributed by atoms with van der Waals surface area (Å²) in [5.41, 5.74) is 1.78. The molecule has 4 heteroatoms. The van der Waals surface area contributed by atoms with E-state index in [0.717, 1.165) is 5.56 Å². The fourth-order valence-corrected chi connectivity index (χ4v) is 2.00. The van der Waals surface area contributed by atoms with E-state index in [-0.39, 0.29) is 5.91 Å². The molecule has 0 spiro atoms. The van der Waals surface area contributed by atoms with Crippen molar-refractivity contribution >= 4 is 23.2 Å². The van der Waals surface area contributed by atoms with Gasteiger partial charge in [0.2, 0.25) is 5.91 Å². The summed E-state index contributed by atoms with van der Waals surface area (Å²) < 4.78 is 5.19. The molecule has 0 fully saturated rings. The number of carbonyl (C=O) groups excluding carboxylic acids is 1. The normalized spacial score (nSPS) is 10.1. The van der Waals surface area contributed by atoms with Crippen molar-refractivity contribution in [2.24, 2.45) is 0 Å². The topological polar surface area (TPSA) is 38.3 Å². The van der Waals surface area contributed by atoms with E-state index in [9.17, 15) is 4.79 Å². The van der Waals surface area contributed by atoms with Gasteiger partial charge in [-0.1, -0.05) is 35.9 Å². The molecule has 0 aromatic heterocycles. The fraction of sp³-hybridized carbons (Fsp3) is 0.188. The van der Waals surface area contributed by atoms with Crippen molar-refractivity contribution in [3.8, 4) is 5.75 Å². The standard InChI is InChI=1S/C16H16ClNO2/c1-20-15-5-3-2-4-14(15)18-16(19)11-8-12-6-9-13(17)10-7-12/h2-7,9-10H,8,11H2,1H3,(H,18,19).